The molecular weight excluding hydrogens is 158 g/mol. The second-order valence-corrected chi connectivity index (χ2v) is 3.66. The summed E-state index contributed by atoms with van der Waals surface area (Å²) in [6, 6.07) is 0.784. The molecule has 0 aromatic rings. The van der Waals surface area contributed by atoms with Crippen LogP contribution in [0.25, 0.3) is 0 Å². The van der Waals surface area contributed by atoms with E-state index < -0.39 is 0 Å². The van der Waals surface area contributed by atoms with Gasteiger partial charge >= 0.3 is 0 Å². The summed E-state index contributed by atoms with van der Waals surface area (Å²) < 4.78 is 0. The molecule has 0 aromatic carbocycles. The van der Waals surface area contributed by atoms with E-state index in [0.29, 0.717) is 6.04 Å². The van der Waals surface area contributed by atoms with Crippen LogP contribution in [0.15, 0.2) is 0 Å². The van der Waals surface area contributed by atoms with E-state index in [1.54, 1.807) is 0 Å². The zero-order chi connectivity index (χ0) is 10.3. The predicted octanol–water partition coefficient (Wildman–Crippen LogP) is 2.81. The molecule has 1 N–H and O–H groups in total. The molecule has 0 aromatic heterocycles. The molecule has 0 saturated carbocycles. The van der Waals surface area contributed by atoms with Gasteiger partial charge in [-0.1, -0.05) is 39.5 Å². The summed E-state index contributed by atoms with van der Waals surface area (Å²) >= 11 is 0. The molecular formula is C12H23N. The highest BCUT2D eigenvalue weighted by Gasteiger charge is 2.15. The van der Waals surface area contributed by atoms with E-state index in [1.165, 1.54) is 12.8 Å². The van der Waals surface area contributed by atoms with E-state index >= 15 is 0 Å². The summed E-state index contributed by atoms with van der Waals surface area (Å²) in [4.78, 5) is 0. The van der Waals surface area contributed by atoms with Crippen LogP contribution in [-0.2, 0) is 0 Å². The first kappa shape index (κ1) is 12.5. The number of hydrogen-bond donors (Lipinski definition) is 1. The zero-order valence-corrected chi connectivity index (χ0v) is 9.43. The smallest absolute Gasteiger partial charge is 0.0686 e. The molecule has 0 aliphatic rings. The van der Waals surface area contributed by atoms with E-state index in [4.69, 9.17) is 6.42 Å². The molecule has 0 spiro atoms. The minimum atomic E-state index is 0.246. The minimum Gasteiger partial charge on any atom is -0.301 e. The third-order valence-electron chi connectivity index (χ3n) is 2.83. The van der Waals surface area contributed by atoms with Crippen molar-refractivity contribution in [2.24, 2.45) is 5.92 Å². The lowest BCUT2D eigenvalue weighted by Crippen LogP contribution is -2.39. The molecule has 0 amide bonds. The third-order valence-corrected chi connectivity index (χ3v) is 2.83. The average molecular weight is 181 g/mol. The van der Waals surface area contributed by atoms with Crippen LogP contribution in [0, 0.1) is 18.3 Å². The van der Waals surface area contributed by atoms with Crippen LogP contribution < -0.4 is 5.32 Å². The monoisotopic (exact) mass is 181 g/mol. The van der Waals surface area contributed by atoms with Gasteiger partial charge in [0.2, 0.25) is 0 Å². The number of nitrogens with one attached hydrogen (secondary N) is 1. The first-order valence-corrected chi connectivity index (χ1v) is 5.41. The Hall–Kier alpha value is -0.480. The molecule has 2 unspecified atom stereocenters. The van der Waals surface area contributed by atoms with Gasteiger partial charge < -0.3 is 5.32 Å². The zero-order valence-electron chi connectivity index (χ0n) is 9.43. The molecule has 76 valence electrons. The van der Waals surface area contributed by atoms with Crippen molar-refractivity contribution >= 4 is 0 Å². The summed E-state index contributed by atoms with van der Waals surface area (Å²) in [5.74, 6) is 3.53. The van der Waals surface area contributed by atoms with Crippen LogP contribution in [0.3, 0.4) is 0 Å². The molecule has 0 aliphatic carbocycles. The van der Waals surface area contributed by atoms with E-state index in [0.717, 1.165) is 12.3 Å². The lowest BCUT2D eigenvalue weighted by Gasteiger charge is -2.25. The highest BCUT2D eigenvalue weighted by Crippen LogP contribution is 2.13. The summed E-state index contributed by atoms with van der Waals surface area (Å²) in [6.45, 7) is 8.83. The van der Waals surface area contributed by atoms with Crippen molar-refractivity contribution in [3.8, 4) is 12.3 Å². The third kappa shape index (κ3) is 4.33. The highest BCUT2D eigenvalue weighted by atomic mass is 14.9. The summed E-state index contributed by atoms with van der Waals surface area (Å²) in [5, 5.41) is 3.48. The Labute approximate surface area is 83.3 Å². The van der Waals surface area contributed by atoms with Crippen molar-refractivity contribution in [1.82, 2.24) is 5.32 Å². The lowest BCUT2D eigenvalue weighted by molar-refractivity contribution is 0.338. The van der Waals surface area contributed by atoms with Gasteiger partial charge in [0, 0.05) is 6.04 Å². The second-order valence-electron chi connectivity index (χ2n) is 3.66. The molecule has 0 rings (SSSR count). The Balaban J connectivity index is 3.96. The van der Waals surface area contributed by atoms with Crippen LogP contribution in [0.2, 0.25) is 0 Å². The SMILES string of the molecule is C#CC(CC)NC(C)C(CC)CC. The Morgan fingerprint density at radius 3 is 2.00 bits per heavy atom. The van der Waals surface area contributed by atoms with Crippen molar-refractivity contribution in [2.45, 2.75) is 59.0 Å². The fourth-order valence-corrected chi connectivity index (χ4v) is 1.73. The van der Waals surface area contributed by atoms with Crippen LogP contribution in [-0.4, -0.2) is 12.1 Å². The molecule has 1 heteroatoms. The van der Waals surface area contributed by atoms with Gasteiger partial charge in [-0.05, 0) is 19.3 Å². The molecule has 0 saturated heterocycles. The first-order valence-electron chi connectivity index (χ1n) is 5.41. The van der Waals surface area contributed by atoms with Crippen molar-refractivity contribution in [3.05, 3.63) is 0 Å². The van der Waals surface area contributed by atoms with Crippen LogP contribution in [0.1, 0.15) is 47.0 Å². The van der Waals surface area contributed by atoms with Gasteiger partial charge in [0.05, 0.1) is 6.04 Å². The molecule has 0 bridgehead atoms. The molecule has 13 heavy (non-hydrogen) atoms. The Morgan fingerprint density at radius 2 is 1.69 bits per heavy atom. The fourth-order valence-electron chi connectivity index (χ4n) is 1.73. The number of rotatable bonds is 6. The standard InChI is InChI=1S/C12H23N/c1-6-11(7-2)10(5)13-12(8-3)9-4/h3,10-13H,6-7,9H2,1-2,4-5H3. The van der Waals surface area contributed by atoms with Crippen molar-refractivity contribution in [1.29, 1.82) is 0 Å². The second kappa shape index (κ2) is 6.97. The lowest BCUT2D eigenvalue weighted by atomic mass is 9.95. The van der Waals surface area contributed by atoms with E-state index in [1.807, 2.05) is 0 Å². The summed E-state index contributed by atoms with van der Waals surface area (Å²) in [7, 11) is 0. The van der Waals surface area contributed by atoms with Crippen molar-refractivity contribution in [3.63, 3.8) is 0 Å². The molecule has 1 nitrogen and oxygen atoms in total. The van der Waals surface area contributed by atoms with Gasteiger partial charge in [0.25, 0.3) is 0 Å². The minimum absolute atomic E-state index is 0.246. The van der Waals surface area contributed by atoms with Crippen molar-refractivity contribution < 1.29 is 0 Å². The topological polar surface area (TPSA) is 12.0 Å². The van der Waals surface area contributed by atoms with Gasteiger partial charge in [-0.15, -0.1) is 6.42 Å². The quantitative estimate of drug-likeness (QED) is 0.621. The molecule has 0 aliphatic heterocycles. The molecule has 0 fully saturated rings. The maximum Gasteiger partial charge on any atom is 0.0686 e. The van der Waals surface area contributed by atoms with Gasteiger partial charge in [-0.25, -0.2) is 0 Å². The molecule has 2 atom stereocenters. The average Bonchev–Trinajstić information content (AvgIpc) is 2.16. The summed E-state index contributed by atoms with van der Waals surface area (Å²) in [6.07, 6.45) is 8.87. The van der Waals surface area contributed by atoms with Crippen LogP contribution in [0.5, 0.6) is 0 Å². The Bertz CT molecular complexity index is 153. The van der Waals surface area contributed by atoms with E-state index in [9.17, 15) is 0 Å². The van der Waals surface area contributed by atoms with Crippen LogP contribution in [0.4, 0.5) is 0 Å². The Kier molecular flexibility index (Phi) is 6.72. The Morgan fingerprint density at radius 1 is 1.15 bits per heavy atom. The van der Waals surface area contributed by atoms with E-state index in [2.05, 4.69) is 38.9 Å². The highest BCUT2D eigenvalue weighted by molar-refractivity contribution is 4.99. The van der Waals surface area contributed by atoms with Gasteiger partial charge in [-0.2, -0.15) is 0 Å². The van der Waals surface area contributed by atoms with Crippen molar-refractivity contribution in [2.75, 3.05) is 0 Å². The van der Waals surface area contributed by atoms with E-state index in [-0.39, 0.29) is 6.04 Å². The maximum absolute atomic E-state index is 5.40. The predicted molar refractivity (Wildman–Crippen MR) is 59.6 cm³/mol. The fraction of sp³-hybridized carbons (Fsp3) is 0.833. The largest absolute Gasteiger partial charge is 0.301 e. The maximum atomic E-state index is 5.40. The molecule has 0 heterocycles. The normalized spacial score (nSPS) is 15.4. The van der Waals surface area contributed by atoms with Gasteiger partial charge in [0.15, 0.2) is 0 Å². The first-order chi connectivity index (χ1) is 6.19. The molecule has 0 radical (unpaired) electrons. The van der Waals surface area contributed by atoms with Crippen LogP contribution >= 0.6 is 0 Å². The number of terminal acetylenes is 1. The summed E-state index contributed by atoms with van der Waals surface area (Å²) in [5.41, 5.74) is 0. The number of hydrogen-bond acceptors (Lipinski definition) is 1. The van der Waals surface area contributed by atoms with Gasteiger partial charge in [0.1, 0.15) is 0 Å². The van der Waals surface area contributed by atoms with Gasteiger partial charge in [-0.3, -0.25) is 0 Å².